The number of hydrogen-bond donors (Lipinski definition) is 2. The van der Waals surface area contributed by atoms with Crippen LogP contribution in [-0.4, -0.2) is 29.3 Å². The van der Waals surface area contributed by atoms with Gasteiger partial charge in [0.05, 0.1) is 11.9 Å². The summed E-state index contributed by atoms with van der Waals surface area (Å²) >= 11 is 0. The van der Waals surface area contributed by atoms with Gasteiger partial charge in [-0.3, -0.25) is 0 Å². The van der Waals surface area contributed by atoms with Gasteiger partial charge in [-0.05, 0) is 44.2 Å². The number of hydrogen-bond acceptors (Lipinski definition) is 4. The van der Waals surface area contributed by atoms with Crippen LogP contribution in [0.25, 0.3) is 0 Å². The minimum Gasteiger partial charge on any atom is -0.397 e. The van der Waals surface area contributed by atoms with Crippen LogP contribution in [0.3, 0.4) is 0 Å². The number of nitrogens with two attached hydrogens (primary N) is 1. The summed E-state index contributed by atoms with van der Waals surface area (Å²) in [5, 5.41) is 9.13. The van der Waals surface area contributed by atoms with E-state index in [1.807, 2.05) is 13.0 Å². The molecule has 2 heterocycles. The van der Waals surface area contributed by atoms with E-state index in [4.69, 9.17) is 10.8 Å². The molecule has 0 aromatic carbocycles. The highest BCUT2D eigenvalue weighted by Crippen LogP contribution is 2.27. The Morgan fingerprint density at radius 2 is 2.35 bits per heavy atom. The Morgan fingerprint density at radius 3 is 3.06 bits per heavy atom. The maximum atomic E-state index is 9.13. The lowest BCUT2D eigenvalue weighted by Gasteiger charge is -2.37. The molecule has 94 valence electrons. The van der Waals surface area contributed by atoms with Crippen LogP contribution in [-0.2, 0) is 0 Å². The Labute approximate surface area is 102 Å². The average Bonchev–Trinajstić information content (AvgIpc) is 2.31. The van der Waals surface area contributed by atoms with E-state index in [9.17, 15) is 0 Å². The molecule has 0 bridgehead atoms. The molecule has 1 aromatic rings. The fourth-order valence-electron chi connectivity index (χ4n) is 2.62. The number of aryl methyl sites for hydroxylation is 1. The van der Waals surface area contributed by atoms with Gasteiger partial charge in [-0.2, -0.15) is 0 Å². The van der Waals surface area contributed by atoms with Gasteiger partial charge in [-0.25, -0.2) is 4.98 Å². The third-order valence-corrected chi connectivity index (χ3v) is 3.43. The molecule has 0 aliphatic carbocycles. The van der Waals surface area contributed by atoms with Gasteiger partial charge in [0.2, 0.25) is 0 Å². The lowest BCUT2D eigenvalue weighted by molar-refractivity contribution is 0.262. The van der Waals surface area contributed by atoms with Crippen LogP contribution < -0.4 is 10.6 Å². The van der Waals surface area contributed by atoms with Crippen molar-refractivity contribution >= 4 is 11.5 Å². The summed E-state index contributed by atoms with van der Waals surface area (Å²) in [6.45, 7) is 3.32. The molecule has 1 fully saturated rings. The van der Waals surface area contributed by atoms with Gasteiger partial charge < -0.3 is 15.7 Å². The standard InChI is InChI=1S/C13H21N3O/c1-10-8-11(14)9-15-13(10)16-6-3-2-4-12(16)5-7-17/h8-9,12,17H,2-7,14H2,1H3. The number of nitrogens with zero attached hydrogens (tertiary/aromatic N) is 2. The summed E-state index contributed by atoms with van der Waals surface area (Å²) in [6, 6.07) is 2.39. The predicted molar refractivity (Wildman–Crippen MR) is 70.1 cm³/mol. The number of aliphatic hydroxyl groups excluding tert-OH is 1. The predicted octanol–water partition coefficient (Wildman–Crippen LogP) is 1.71. The van der Waals surface area contributed by atoms with Crippen LogP contribution in [0.2, 0.25) is 0 Å². The van der Waals surface area contributed by atoms with E-state index in [1.54, 1.807) is 6.20 Å². The molecule has 1 saturated heterocycles. The topological polar surface area (TPSA) is 62.4 Å². The zero-order valence-corrected chi connectivity index (χ0v) is 10.4. The molecule has 4 nitrogen and oxygen atoms in total. The first-order chi connectivity index (χ1) is 8.22. The van der Waals surface area contributed by atoms with Crippen molar-refractivity contribution in [3.05, 3.63) is 17.8 Å². The first-order valence-electron chi connectivity index (χ1n) is 6.32. The molecule has 3 N–H and O–H groups in total. The molecule has 4 heteroatoms. The van der Waals surface area contributed by atoms with Crippen molar-refractivity contribution in [3.8, 4) is 0 Å². The molecule has 0 radical (unpaired) electrons. The summed E-state index contributed by atoms with van der Waals surface area (Å²) in [5.74, 6) is 1.03. The van der Waals surface area contributed by atoms with Crippen LogP contribution in [0.1, 0.15) is 31.2 Å². The van der Waals surface area contributed by atoms with E-state index in [2.05, 4.69) is 9.88 Å². The fourth-order valence-corrected chi connectivity index (χ4v) is 2.62. The minimum atomic E-state index is 0.245. The van der Waals surface area contributed by atoms with Crippen LogP contribution in [0.4, 0.5) is 11.5 Å². The maximum absolute atomic E-state index is 9.13. The molecular formula is C13H21N3O. The van der Waals surface area contributed by atoms with Crippen LogP contribution in [0.5, 0.6) is 0 Å². The molecule has 0 saturated carbocycles. The number of nitrogen functional groups attached to an aromatic ring is 1. The summed E-state index contributed by atoms with van der Waals surface area (Å²) in [6.07, 6.45) is 6.13. The summed E-state index contributed by atoms with van der Waals surface area (Å²) < 4.78 is 0. The molecule has 0 amide bonds. The number of rotatable bonds is 3. The van der Waals surface area contributed by atoms with Gasteiger partial charge in [0.25, 0.3) is 0 Å². The Morgan fingerprint density at radius 1 is 1.53 bits per heavy atom. The number of aromatic nitrogens is 1. The Bertz CT molecular complexity index is 379. The highest BCUT2D eigenvalue weighted by Gasteiger charge is 2.24. The van der Waals surface area contributed by atoms with Gasteiger partial charge in [0.15, 0.2) is 0 Å². The van der Waals surface area contributed by atoms with Crippen molar-refractivity contribution in [2.45, 2.75) is 38.6 Å². The van der Waals surface area contributed by atoms with E-state index >= 15 is 0 Å². The SMILES string of the molecule is Cc1cc(N)cnc1N1CCCCC1CCO. The average molecular weight is 235 g/mol. The number of pyridine rings is 1. The van der Waals surface area contributed by atoms with Crippen LogP contribution in [0.15, 0.2) is 12.3 Å². The van der Waals surface area contributed by atoms with Gasteiger partial charge in [-0.15, -0.1) is 0 Å². The van der Waals surface area contributed by atoms with E-state index in [0.29, 0.717) is 11.7 Å². The van der Waals surface area contributed by atoms with Crippen molar-refractivity contribution < 1.29 is 5.11 Å². The number of anilines is 2. The highest BCUT2D eigenvalue weighted by atomic mass is 16.3. The lowest BCUT2D eigenvalue weighted by Crippen LogP contribution is -2.41. The smallest absolute Gasteiger partial charge is 0.131 e. The van der Waals surface area contributed by atoms with Crippen molar-refractivity contribution in [2.75, 3.05) is 23.8 Å². The van der Waals surface area contributed by atoms with Crippen LogP contribution >= 0.6 is 0 Å². The first kappa shape index (κ1) is 12.2. The Kier molecular flexibility index (Phi) is 3.84. The zero-order valence-electron chi connectivity index (χ0n) is 10.4. The third kappa shape index (κ3) is 2.69. The molecule has 17 heavy (non-hydrogen) atoms. The number of piperidine rings is 1. The van der Waals surface area contributed by atoms with Gasteiger partial charge in [0.1, 0.15) is 5.82 Å². The largest absolute Gasteiger partial charge is 0.397 e. The van der Waals surface area contributed by atoms with E-state index < -0.39 is 0 Å². The maximum Gasteiger partial charge on any atom is 0.131 e. The van der Waals surface area contributed by atoms with Gasteiger partial charge in [-0.1, -0.05) is 0 Å². The molecule has 0 spiro atoms. The normalized spacial score (nSPS) is 20.6. The second kappa shape index (κ2) is 5.36. The van der Waals surface area contributed by atoms with E-state index in [-0.39, 0.29) is 6.61 Å². The third-order valence-electron chi connectivity index (χ3n) is 3.43. The molecule has 1 aromatic heterocycles. The van der Waals surface area contributed by atoms with Crippen molar-refractivity contribution in [2.24, 2.45) is 0 Å². The monoisotopic (exact) mass is 235 g/mol. The Hall–Kier alpha value is -1.29. The second-order valence-electron chi connectivity index (χ2n) is 4.76. The fraction of sp³-hybridized carbons (Fsp3) is 0.615. The Balaban J connectivity index is 2.23. The summed E-state index contributed by atoms with van der Waals surface area (Å²) in [4.78, 5) is 6.78. The molecular weight excluding hydrogens is 214 g/mol. The summed E-state index contributed by atoms with van der Waals surface area (Å²) in [5.41, 5.74) is 7.56. The van der Waals surface area contributed by atoms with Crippen molar-refractivity contribution in [3.63, 3.8) is 0 Å². The summed E-state index contributed by atoms with van der Waals surface area (Å²) in [7, 11) is 0. The molecule has 2 rings (SSSR count). The number of aliphatic hydroxyl groups is 1. The van der Waals surface area contributed by atoms with Crippen molar-refractivity contribution in [1.82, 2.24) is 4.98 Å². The van der Waals surface area contributed by atoms with Crippen molar-refractivity contribution in [1.29, 1.82) is 0 Å². The van der Waals surface area contributed by atoms with E-state index in [0.717, 1.165) is 30.8 Å². The molecule has 1 unspecified atom stereocenters. The molecule has 1 aliphatic rings. The van der Waals surface area contributed by atoms with Crippen LogP contribution in [0, 0.1) is 6.92 Å². The quantitative estimate of drug-likeness (QED) is 0.837. The van der Waals surface area contributed by atoms with E-state index in [1.165, 1.54) is 12.8 Å². The van der Waals surface area contributed by atoms with Gasteiger partial charge in [0, 0.05) is 19.2 Å². The van der Waals surface area contributed by atoms with Gasteiger partial charge >= 0.3 is 0 Å². The lowest BCUT2D eigenvalue weighted by atomic mass is 9.99. The highest BCUT2D eigenvalue weighted by molar-refractivity contribution is 5.53. The molecule has 1 atom stereocenters. The zero-order chi connectivity index (χ0) is 12.3. The minimum absolute atomic E-state index is 0.245. The molecule has 1 aliphatic heterocycles. The first-order valence-corrected chi connectivity index (χ1v) is 6.32. The second-order valence-corrected chi connectivity index (χ2v) is 4.76.